The molecule has 11 heteroatoms. The Bertz CT molecular complexity index is 2090. The van der Waals surface area contributed by atoms with Gasteiger partial charge in [-0.05, 0) is 43.2 Å². The summed E-state index contributed by atoms with van der Waals surface area (Å²) in [7, 11) is 1.63. The Labute approximate surface area is 237 Å². The van der Waals surface area contributed by atoms with Gasteiger partial charge in [0.1, 0.15) is 28.7 Å². The average molecular weight is 563 g/mol. The largest absolute Gasteiger partial charge is 0.457 e. The first-order valence-electron chi connectivity index (χ1n) is 12.8. The van der Waals surface area contributed by atoms with Gasteiger partial charge in [0.25, 0.3) is 0 Å². The number of nitriles is 1. The first-order valence-corrected chi connectivity index (χ1v) is 12.8. The van der Waals surface area contributed by atoms with Crippen molar-refractivity contribution >= 4 is 45.5 Å². The van der Waals surface area contributed by atoms with Gasteiger partial charge in [-0.2, -0.15) is 20.3 Å². The molecular weight excluding hydrogens is 542 g/mol. The standard InChI is InChI=1S/C31H20F2N6O3/c1-15(12-34)24-19-10-22(32)23(33)11-20(19)30(40)21(24)9-18-13-35-26-16(2)27-29(38-39(3)37-27)25(28(26)36-18)31(41)42-14-17-7-5-4-6-8-17/h4-11,13H,14H2,1-3H3/b21-9-,24-15-. The molecule has 0 saturated heterocycles. The molecule has 0 atom stereocenters. The van der Waals surface area contributed by atoms with Gasteiger partial charge in [-0.3, -0.25) is 9.78 Å². The number of hydrogen-bond donors (Lipinski definition) is 0. The number of ether oxygens (including phenoxy) is 1. The van der Waals surface area contributed by atoms with Crippen LogP contribution in [0.5, 0.6) is 0 Å². The molecule has 6 rings (SSSR count). The van der Waals surface area contributed by atoms with E-state index in [1.54, 1.807) is 14.0 Å². The molecule has 0 aliphatic heterocycles. The van der Waals surface area contributed by atoms with Gasteiger partial charge in [0, 0.05) is 34.9 Å². The predicted molar refractivity (Wildman–Crippen MR) is 149 cm³/mol. The third kappa shape index (κ3) is 4.30. The van der Waals surface area contributed by atoms with Gasteiger partial charge in [-0.25, -0.2) is 18.6 Å². The molecule has 9 nitrogen and oxygen atoms in total. The maximum absolute atomic E-state index is 14.1. The van der Waals surface area contributed by atoms with E-state index in [2.05, 4.69) is 20.2 Å². The lowest BCUT2D eigenvalue weighted by Gasteiger charge is -2.10. The number of Topliss-reactive ketones (excluding diaryl/α,β-unsaturated/α-hetero) is 1. The topological polar surface area (TPSA) is 124 Å². The summed E-state index contributed by atoms with van der Waals surface area (Å²) in [6.45, 7) is 3.27. The maximum atomic E-state index is 14.1. The summed E-state index contributed by atoms with van der Waals surface area (Å²) < 4.78 is 33.8. The number of allylic oxidation sites excluding steroid dienone is 3. The Morgan fingerprint density at radius 1 is 1.05 bits per heavy atom. The average Bonchev–Trinajstić information content (AvgIpc) is 3.49. The van der Waals surface area contributed by atoms with E-state index < -0.39 is 23.4 Å². The van der Waals surface area contributed by atoms with Crippen molar-refractivity contribution in [2.45, 2.75) is 20.5 Å². The highest BCUT2D eigenvalue weighted by molar-refractivity contribution is 6.29. The van der Waals surface area contributed by atoms with Crippen molar-refractivity contribution in [3.63, 3.8) is 0 Å². The molecule has 0 bridgehead atoms. The number of halogens is 2. The lowest BCUT2D eigenvalue weighted by atomic mass is 9.99. The molecule has 206 valence electrons. The molecule has 2 heterocycles. The highest BCUT2D eigenvalue weighted by Gasteiger charge is 2.33. The van der Waals surface area contributed by atoms with Crippen molar-refractivity contribution in [1.82, 2.24) is 25.0 Å². The second-order valence-corrected chi connectivity index (χ2v) is 9.75. The second-order valence-electron chi connectivity index (χ2n) is 9.75. The molecule has 1 aliphatic carbocycles. The van der Waals surface area contributed by atoms with Crippen LogP contribution in [-0.4, -0.2) is 36.7 Å². The van der Waals surface area contributed by atoms with E-state index in [-0.39, 0.29) is 56.7 Å². The Kier molecular flexibility index (Phi) is 6.38. The number of nitrogens with zero attached hydrogens (tertiary/aromatic N) is 6. The van der Waals surface area contributed by atoms with Crippen LogP contribution in [0.1, 0.15) is 50.0 Å². The number of hydrogen-bond acceptors (Lipinski definition) is 8. The number of fused-ring (bicyclic) bond motifs is 3. The SMILES string of the molecule is C/C(C#N)=C1/C(=C/c2cnc3c(C)c4nn(C)nc4c(C(=O)OCc4ccccc4)c3n2)C(=O)c2cc(F)c(F)cc21. The Morgan fingerprint density at radius 3 is 2.45 bits per heavy atom. The van der Waals surface area contributed by atoms with Crippen LogP contribution in [0, 0.1) is 29.9 Å². The smallest absolute Gasteiger partial charge is 0.343 e. The number of aryl methyl sites for hydroxylation is 2. The third-order valence-corrected chi connectivity index (χ3v) is 7.03. The van der Waals surface area contributed by atoms with Crippen LogP contribution >= 0.6 is 0 Å². The van der Waals surface area contributed by atoms with Crippen molar-refractivity contribution in [3.05, 3.63) is 105 Å². The Balaban J connectivity index is 1.53. The minimum atomic E-state index is -1.18. The molecule has 42 heavy (non-hydrogen) atoms. The van der Waals surface area contributed by atoms with E-state index in [9.17, 15) is 23.6 Å². The van der Waals surface area contributed by atoms with Crippen LogP contribution in [0.15, 0.2) is 59.8 Å². The second kappa shape index (κ2) is 10.1. The summed E-state index contributed by atoms with van der Waals surface area (Å²) in [5, 5.41) is 18.4. The molecule has 1 aliphatic rings. The number of carbonyl (C=O) groups is 2. The van der Waals surface area contributed by atoms with Crippen LogP contribution in [-0.2, 0) is 18.4 Å². The lowest BCUT2D eigenvalue weighted by Crippen LogP contribution is -2.09. The number of rotatable bonds is 4. The van der Waals surface area contributed by atoms with Crippen LogP contribution in [0.4, 0.5) is 8.78 Å². The number of esters is 1. The highest BCUT2D eigenvalue weighted by Crippen LogP contribution is 2.41. The Morgan fingerprint density at radius 2 is 1.74 bits per heavy atom. The minimum Gasteiger partial charge on any atom is -0.457 e. The van der Waals surface area contributed by atoms with Crippen LogP contribution in [0.3, 0.4) is 0 Å². The lowest BCUT2D eigenvalue weighted by molar-refractivity contribution is 0.0476. The fourth-order valence-electron chi connectivity index (χ4n) is 5.05. The van der Waals surface area contributed by atoms with Crippen molar-refractivity contribution in [1.29, 1.82) is 5.26 Å². The number of carbonyl (C=O) groups excluding carboxylic acids is 2. The van der Waals surface area contributed by atoms with Gasteiger partial charge in [0.05, 0.1) is 23.5 Å². The summed E-state index contributed by atoms with van der Waals surface area (Å²) in [6, 6.07) is 12.9. The molecule has 0 spiro atoms. The van der Waals surface area contributed by atoms with Crippen molar-refractivity contribution in [2.24, 2.45) is 7.05 Å². The van der Waals surface area contributed by atoms with E-state index in [0.717, 1.165) is 17.7 Å². The summed E-state index contributed by atoms with van der Waals surface area (Å²) in [6.07, 6.45) is 2.79. The van der Waals surface area contributed by atoms with Crippen molar-refractivity contribution < 1.29 is 23.1 Å². The van der Waals surface area contributed by atoms with Gasteiger partial charge < -0.3 is 4.74 Å². The molecule has 0 unspecified atom stereocenters. The molecule has 0 fully saturated rings. The van der Waals surface area contributed by atoms with Gasteiger partial charge >= 0.3 is 5.97 Å². The quantitative estimate of drug-likeness (QED) is 0.161. The van der Waals surface area contributed by atoms with Gasteiger partial charge in [-0.1, -0.05) is 30.3 Å². The van der Waals surface area contributed by atoms with E-state index in [1.807, 2.05) is 36.4 Å². The fraction of sp³-hybridized carbons (Fsp3) is 0.129. The molecule has 0 N–H and O–H groups in total. The zero-order valence-electron chi connectivity index (χ0n) is 22.6. The van der Waals surface area contributed by atoms with Gasteiger partial charge in [0.2, 0.25) is 0 Å². The van der Waals surface area contributed by atoms with Crippen LogP contribution in [0.25, 0.3) is 33.7 Å². The first-order chi connectivity index (χ1) is 20.2. The molecule has 2 aromatic heterocycles. The van der Waals surface area contributed by atoms with Crippen LogP contribution in [0.2, 0.25) is 0 Å². The summed E-state index contributed by atoms with van der Waals surface area (Å²) in [5.74, 6) is -3.60. The van der Waals surface area contributed by atoms with E-state index in [4.69, 9.17) is 4.74 Å². The Hall–Kier alpha value is -5.63. The summed E-state index contributed by atoms with van der Waals surface area (Å²) in [4.78, 5) is 37.4. The zero-order valence-corrected chi connectivity index (χ0v) is 22.6. The van der Waals surface area contributed by atoms with E-state index >= 15 is 0 Å². The predicted octanol–water partition coefficient (Wildman–Crippen LogP) is 5.43. The normalized spacial score (nSPS) is 14.9. The monoisotopic (exact) mass is 562 g/mol. The molecule has 0 amide bonds. The van der Waals surface area contributed by atoms with E-state index in [0.29, 0.717) is 16.6 Å². The number of benzene rings is 3. The first kappa shape index (κ1) is 26.6. The molecule has 3 aromatic carbocycles. The fourth-order valence-corrected chi connectivity index (χ4v) is 5.05. The summed E-state index contributed by atoms with van der Waals surface area (Å²) >= 11 is 0. The zero-order chi connectivity index (χ0) is 29.7. The van der Waals surface area contributed by atoms with Crippen molar-refractivity contribution in [2.75, 3.05) is 0 Å². The number of aromatic nitrogens is 5. The molecule has 5 aromatic rings. The van der Waals surface area contributed by atoms with E-state index in [1.165, 1.54) is 24.0 Å². The third-order valence-electron chi connectivity index (χ3n) is 7.03. The molecule has 0 radical (unpaired) electrons. The highest BCUT2D eigenvalue weighted by atomic mass is 19.2. The summed E-state index contributed by atoms with van der Waals surface area (Å²) in [5.41, 5.74) is 3.30. The maximum Gasteiger partial charge on any atom is 0.343 e. The van der Waals surface area contributed by atoms with Gasteiger partial charge in [-0.15, -0.1) is 0 Å². The number of ketones is 1. The minimum absolute atomic E-state index is 0.00936. The van der Waals surface area contributed by atoms with Crippen molar-refractivity contribution in [3.8, 4) is 6.07 Å². The van der Waals surface area contributed by atoms with Gasteiger partial charge in [0.15, 0.2) is 17.4 Å². The van der Waals surface area contributed by atoms with Crippen LogP contribution < -0.4 is 0 Å². The molecular formula is C31H20F2N6O3. The molecule has 0 saturated carbocycles.